The Kier molecular flexibility index (Phi) is 6.54. The summed E-state index contributed by atoms with van der Waals surface area (Å²) in [6.45, 7) is 5.38. The highest BCUT2D eigenvalue weighted by atomic mass is 16.5. The van der Waals surface area contributed by atoms with Gasteiger partial charge in [0.1, 0.15) is 5.75 Å². The molecule has 0 radical (unpaired) electrons. The number of nitrogens with zero attached hydrogens (tertiary/aromatic N) is 3. The van der Waals surface area contributed by atoms with Crippen LogP contribution in [-0.4, -0.2) is 49.0 Å². The molecule has 138 valence electrons. The summed E-state index contributed by atoms with van der Waals surface area (Å²) in [6, 6.07) is 3.35. The van der Waals surface area contributed by atoms with E-state index in [0.717, 1.165) is 11.4 Å². The molecule has 1 aliphatic carbocycles. The second kappa shape index (κ2) is 8.84. The van der Waals surface area contributed by atoms with E-state index in [1.54, 1.807) is 31.1 Å². The zero-order chi connectivity index (χ0) is 19.1. The van der Waals surface area contributed by atoms with E-state index in [4.69, 9.17) is 16.2 Å². The monoisotopic (exact) mass is 355 g/mol. The molecule has 0 saturated carbocycles. The third-order valence-corrected chi connectivity index (χ3v) is 3.97. The van der Waals surface area contributed by atoms with Crippen LogP contribution in [0.5, 0.6) is 5.75 Å². The molecule has 0 aliphatic heterocycles. The highest BCUT2D eigenvalue weighted by molar-refractivity contribution is 6.19. The Balaban J connectivity index is 2.05. The van der Waals surface area contributed by atoms with Gasteiger partial charge in [0.25, 0.3) is 0 Å². The maximum atomic E-state index is 11.4. The number of ether oxygens (including phenoxy) is 1. The van der Waals surface area contributed by atoms with Gasteiger partial charge in [0, 0.05) is 26.1 Å². The molecule has 0 unspecified atom stereocenters. The van der Waals surface area contributed by atoms with E-state index in [-0.39, 0.29) is 5.91 Å². The van der Waals surface area contributed by atoms with Gasteiger partial charge in [-0.2, -0.15) is 0 Å². The second-order valence-electron chi connectivity index (χ2n) is 5.76. The predicted octanol–water partition coefficient (Wildman–Crippen LogP) is 2.37. The highest BCUT2D eigenvalue weighted by Crippen LogP contribution is 2.33. The lowest BCUT2D eigenvalue weighted by molar-refractivity contribution is -0.128. The minimum absolute atomic E-state index is 0.0633. The molecular formula is C19H25N5O2. The number of hydrogen-bond donors (Lipinski definition) is 2. The summed E-state index contributed by atoms with van der Waals surface area (Å²) in [5.41, 5.74) is 15.0. The number of carbonyl (C=O) groups excluding carboxylic acids is 1. The number of hydrogen-bond acceptors (Lipinski definition) is 6. The first kappa shape index (κ1) is 19.2. The van der Waals surface area contributed by atoms with Gasteiger partial charge in [0.2, 0.25) is 5.91 Å². The molecule has 7 heteroatoms. The van der Waals surface area contributed by atoms with Crippen LogP contribution in [0.4, 0.5) is 17.1 Å². The van der Waals surface area contributed by atoms with Gasteiger partial charge < -0.3 is 21.1 Å². The van der Waals surface area contributed by atoms with Gasteiger partial charge in [-0.15, -0.1) is 0 Å². The molecule has 0 aromatic heterocycles. The summed E-state index contributed by atoms with van der Waals surface area (Å²) >= 11 is 0. The van der Waals surface area contributed by atoms with Crippen molar-refractivity contribution in [3.8, 4) is 5.75 Å². The zero-order valence-corrected chi connectivity index (χ0v) is 15.4. The van der Waals surface area contributed by atoms with Gasteiger partial charge in [-0.25, -0.2) is 4.99 Å². The fourth-order valence-corrected chi connectivity index (χ4v) is 2.49. The summed E-state index contributed by atoms with van der Waals surface area (Å²) in [7, 11) is 1.55. The average Bonchev–Trinajstić information content (AvgIpc) is 2.62. The van der Waals surface area contributed by atoms with E-state index < -0.39 is 0 Å². The molecule has 0 bridgehead atoms. The molecular weight excluding hydrogens is 330 g/mol. The Morgan fingerprint density at radius 3 is 2.35 bits per heavy atom. The molecule has 1 aromatic rings. The Hall–Kier alpha value is -3.09. The number of amides is 1. The predicted molar refractivity (Wildman–Crippen MR) is 107 cm³/mol. The van der Waals surface area contributed by atoms with Gasteiger partial charge in [0.15, 0.2) is 0 Å². The van der Waals surface area contributed by atoms with Crippen LogP contribution in [0.1, 0.15) is 13.8 Å². The zero-order valence-electron chi connectivity index (χ0n) is 15.4. The van der Waals surface area contributed by atoms with Crippen molar-refractivity contribution in [2.45, 2.75) is 13.8 Å². The van der Waals surface area contributed by atoms with Gasteiger partial charge in [-0.05, 0) is 37.3 Å². The SMILES string of the molecule is CCN(CCN=C1C=CC(=Nc2cc(OC)c(N)cc2N)C=C1)C(C)=O. The fourth-order valence-electron chi connectivity index (χ4n) is 2.49. The first-order valence-corrected chi connectivity index (χ1v) is 8.42. The lowest BCUT2D eigenvalue weighted by atomic mass is 10.1. The van der Waals surface area contributed by atoms with Crippen LogP contribution in [0.3, 0.4) is 0 Å². The van der Waals surface area contributed by atoms with Crippen LogP contribution in [0, 0.1) is 0 Å². The second-order valence-corrected chi connectivity index (χ2v) is 5.76. The van der Waals surface area contributed by atoms with E-state index in [2.05, 4.69) is 9.98 Å². The summed E-state index contributed by atoms with van der Waals surface area (Å²) in [6.07, 6.45) is 7.49. The number of likely N-dealkylation sites (N-methyl/N-ethyl adjacent to an activating group) is 1. The van der Waals surface area contributed by atoms with E-state index in [0.29, 0.717) is 42.4 Å². The number of nitrogens with two attached hydrogens (primary N) is 2. The normalized spacial score (nSPS) is 12.9. The molecule has 0 fully saturated rings. The van der Waals surface area contributed by atoms with Crippen LogP contribution in [0.2, 0.25) is 0 Å². The Morgan fingerprint density at radius 1 is 1.12 bits per heavy atom. The molecule has 4 N–H and O–H groups in total. The van der Waals surface area contributed by atoms with Crippen molar-refractivity contribution in [2.24, 2.45) is 9.98 Å². The van der Waals surface area contributed by atoms with Crippen LogP contribution in [-0.2, 0) is 4.79 Å². The molecule has 1 amide bonds. The molecule has 0 atom stereocenters. The van der Waals surface area contributed by atoms with Gasteiger partial charge in [-0.3, -0.25) is 9.79 Å². The molecule has 26 heavy (non-hydrogen) atoms. The third kappa shape index (κ3) is 4.95. The molecule has 7 nitrogen and oxygen atoms in total. The number of allylic oxidation sites excluding steroid dienone is 4. The number of carbonyl (C=O) groups is 1. The lowest BCUT2D eigenvalue weighted by Gasteiger charge is -2.17. The molecule has 0 heterocycles. The van der Waals surface area contributed by atoms with E-state index >= 15 is 0 Å². The molecule has 1 aromatic carbocycles. The summed E-state index contributed by atoms with van der Waals surface area (Å²) in [5.74, 6) is 0.601. The number of nitrogen functional groups attached to an aromatic ring is 2. The topological polar surface area (TPSA) is 106 Å². The van der Waals surface area contributed by atoms with E-state index in [1.807, 2.05) is 31.2 Å². The molecule has 0 saturated heterocycles. The number of benzene rings is 1. The van der Waals surface area contributed by atoms with E-state index in [9.17, 15) is 4.79 Å². The summed E-state index contributed by atoms with van der Waals surface area (Å²) in [4.78, 5) is 22.1. The first-order valence-electron chi connectivity index (χ1n) is 8.42. The number of aliphatic imine (C=N–C) groups is 2. The van der Waals surface area contributed by atoms with Crippen molar-refractivity contribution >= 4 is 34.4 Å². The smallest absolute Gasteiger partial charge is 0.219 e. The molecule has 2 rings (SSSR count). The van der Waals surface area contributed by atoms with Gasteiger partial charge in [0.05, 0.1) is 42.1 Å². The van der Waals surface area contributed by atoms with Crippen LogP contribution in [0.25, 0.3) is 0 Å². The van der Waals surface area contributed by atoms with Crippen molar-refractivity contribution in [3.63, 3.8) is 0 Å². The summed E-state index contributed by atoms with van der Waals surface area (Å²) < 4.78 is 5.20. The van der Waals surface area contributed by atoms with Crippen molar-refractivity contribution in [2.75, 3.05) is 38.2 Å². The lowest BCUT2D eigenvalue weighted by Crippen LogP contribution is -2.30. The third-order valence-electron chi connectivity index (χ3n) is 3.97. The van der Waals surface area contributed by atoms with Gasteiger partial charge in [-0.1, -0.05) is 0 Å². The Labute approximate surface area is 153 Å². The van der Waals surface area contributed by atoms with Crippen molar-refractivity contribution in [1.82, 2.24) is 4.90 Å². The number of anilines is 2. The molecule has 1 aliphatic rings. The van der Waals surface area contributed by atoms with Gasteiger partial charge >= 0.3 is 0 Å². The fraction of sp³-hybridized carbons (Fsp3) is 0.316. The maximum absolute atomic E-state index is 11.4. The van der Waals surface area contributed by atoms with Crippen molar-refractivity contribution in [1.29, 1.82) is 0 Å². The average molecular weight is 355 g/mol. The van der Waals surface area contributed by atoms with Crippen molar-refractivity contribution < 1.29 is 9.53 Å². The minimum Gasteiger partial charge on any atom is -0.495 e. The largest absolute Gasteiger partial charge is 0.495 e. The maximum Gasteiger partial charge on any atom is 0.219 e. The first-order chi connectivity index (χ1) is 12.4. The quantitative estimate of drug-likeness (QED) is 0.603. The van der Waals surface area contributed by atoms with Crippen LogP contribution in [0.15, 0.2) is 46.4 Å². The minimum atomic E-state index is 0.0633. The molecule has 0 spiro atoms. The Bertz CT molecular complexity index is 775. The highest BCUT2D eigenvalue weighted by Gasteiger charge is 2.08. The number of rotatable bonds is 6. The van der Waals surface area contributed by atoms with Crippen molar-refractivity contribution in [3.05, 3.63) is 36.4 Å². The standard InChI is InChI=1S/C19H25N5O2/c1-4-24(13(2)25)10-9-22-14-5-7-15(8-6-14)23-18-12-19(26-3)17(21)11-16(18)20/h5-8,11-12H,4,9-10,20-21H2,1-3H3. The summed E-state index contributed by atoms with van der Waals surface area (Å²) in [5, 5.41) is 0. The van der Waals surface area contributed by atoms with E-state index in [1.165, 1.54) is 0 Å². The Morgan fingerprint density at radius 2 is 1.77 bits per heavy atom. The van der Waals surface area contributed by atoms with Crippen LogP contribution < -0.4 is 16.2 Å². The number of methoxy groups -OCH3 is 1. The van der Waals surface area contributed by atoms with Crippen LogP contribution >= 0.6 is 0 Å².